The van der Waals surface area contributed by atoms with E-state index in [0.717, 1.165) is 50.5 Å². The topological polar surface area (TPSA) is 79.5 Å². The fraction of sp³-hybridized carbons (Fsp3) is 0.636. The number of hydrogen-bond donors (Lipinski definition) is 0. The van der Waals surface area contributed by atoms with Gasteiger partial charge in [-0.2, -0.15) is 17.0 Å². The van der Waals surface area contributed by atoms with Gasteiger partial charge in [0.2, 0.25) is 11.8 Å². The third-order valence-corrected chi connectivity index (χ3v) is 9.49. The molecule has 0 bridgehead atoms. The normalized spacial score (nSPS) is 25.1. The molecule has 8 heteroatoms. The van der Waals surface area contributed by atoms with Gasteiger partial charge in [0.25, 0.3) is 10.2 Å². The van der Waals surface area contributed by atoms with E-state index in [0.29, 0.717) is 24.9 Å². The maximum Gasteiger partial charge on any atom is 0.281 e. The molecule has 5 rings (SSSR count). The quantitative estimate of drug-likeness (QED) is 0.721. The van der Waals surface area contributed by atoms with Crippen LogP contribution in [0.1, 0.15) is 63.2 Å². The second-order valence-corrected chi connectivity index (χ2v) is 11.1. The Hall–Kier alpha value is -1.77. The van der Waals surface area contributed by atoms with Gasteiger partial charge in [0.15, 0.2) is 0 Å². The van der Waals surface area contributed by atoms with Crippen LogP contribution in [0.25, 0.3) is 11.5 Å². The average Bonchev–Trinajstić information content (AvgIpc) is 3.25. The highest BCUT2D eigenvalue weighted by molar-refractivity contribution is 7.86. The van der Waals surface area contributed by atoms with E-state index in [-0.39, 0.29) is 17.4 Å². The van der Waals surface area contributed by atoms with Crippen LogP contribution in [0.5, 0.6) is 0 Å². The molecule has 2 aliphatic carbocycles. The van der Waals surface area contributed by atoms with Crippen LogP contribution in [0.4, 0.5) is 0 Å². The third kappa shape index (κ3) is 3.59. The van der Waals surface area contributed by atoms with E-state index in [1.165, 1.54) is 6.42 Å². The SMILES string of the molecule is CN(C1CCCCC1)S(=O)(=O)N1CCC2(CC1)C[C@H]2c1nnc(-c2ccccc2)o1. The molecule has 1 aromatic heterocycles. The molecule has 0 unspecified atom stereocenters. The van der Waals surface area contributed by atoms with Crippen molar-refractivity contribution in [1.82, 2.24) is 18.8 Å². The van der Waals surface area contributed by atoms with Gasteiger partial charge in [-0.15, -0.1) is 10.2 Å². The van der Waals surface area contributed by atoms with Gasteiger partial charge in [-0.3, -0.25) is 0 Å². The molecule has 2 aromatic rings. The Kier molecular flexibility index (Phi) is 5.19. The van der Waals surface area contributed by atoms with Crippen LogP contribution in [0.2, 0.25) is 0 Å². The smallest absolute Gasteiger partial charge is 0.281 e. The van der Waals surface area contributed by atoms with Crippen LogP contribution < -0.4 is 0 Å². The van der Waals surface area contributed by atoms with Crippen LogP contribution in [0, 0.1) is 5.41 Å². The van der Waals surface area contributed by atoms with Crippen LogP contribution in [0.15, 0.2) is 34.7 Å². The minimum absolute atomic E-state index is 0.121. The molecule has 1 aromatic carbocycles. The molecule has 1 atom stereocenters. The zero-order chi connectivity index (χ0) is 20.8. The summed E-state index contributed by atoms with van der Waals surface area (Å²) in [5.41, 5.74) is 1.05. The summed E-state index contributed by atoms with van der Waals surface area (Å²) >= 11 is 0. The van der Waals surface area contributed by atoms with Crippen LogP contribution in [-0.4, -0.2) is 53.4 Å². The molecule has 0 N–H and O–H groups in total. The number of nitrogens with zero attached hydrogens (tertiary/aromatic N) is 4. The third-order valence-electron chi connectivity index (χ3n) is 7.45. The van der Waals surface area contributed by atoms with Crippen molar-refractivity contribution in [3.63, 3.8) is 0 Å². The van der Waals surface area contributed by atoms with E-state index >= 15 is 0 Å². The Morgan fingerprint density at radius 3 is 2.47 bits per heavy atom. The van der Waals surface area contributed by atoms with Crippen molar-refractivity contribution in [3.8, 4) is 11.5 Å². The van der Waals surface area contributed by atoms with E-state index in [2.05, 4.69) is 10.2 Å². The Morgan fingerprint density at radius 2 is 1.77 bits per heavy atom. The monoisotopic (exact) mass is 430 g/mol. The molecule has 0 radical (unpaired) electrons. The first-order valence-electron chi connectivity index (χ1n) is 11.1. The molecule has 30 heavy (non-hydrogen) atoms. The zero-order valence-electron chi connectivity index (χ0n) is 17.5. The van der Waals surface area contributed by atoms with Crippen molar-refractivity contribution in [3.05, 3.63) is 36.2 Å². The highest BCUT2D eigenvalue weighted by Gasteiger charge is 2.59. The van der Waals surface area contributed by atoms with E-state index < -0.39 is 10.2 Å². The minimum atomic E-state index is -3.38. The molecule has 2 heterocycles. The highest BCUT2D eigenvalue weighted by atomic mass is 32.2. The molecule has 3 fully saturated rings. The van der Waals surface area contributed by atoms with Gasteiger partial charge in [-0.05, 0) is 49.7 Å². The van der Waals surface area contributed by atoms with Gasteiger partial charge in [0.1, 0.15) is 0 Å². The summed E-state index contributed by atoms with van der Waals surface area (Å²) in [4.78, 5) is 0. The van der Waals surface area contributed by atoms with Crippen molar-refractivity contribution < 1.29 is 12.8 Å². The Labute approximate surface area is 178 Å². The van der Waals surface area contributed by atoms with Gasteiger partial charge in [-0.1, -0.05) is 37.5 Å². The summed E-state index contributed by atoms with van der Waals surface area (Å²) < 4.78 is 35.6. The predicted molar refractivity (Wildman–Crippen MR) is 114 cm³/mol. The Bertz CT molecular complexity index is 977. The number of piperidine rings is 1. The van der Waals surface area contributed by atoms with E-state index in [4.69, 9.17) is 4.42 Å². The average molecular weight is 431 g/mol. The lowest BCUT2D eigenvalue weighted by atomic mass is 9.92. The lowest BCUT2D eigenvalue weighted by molar-refractivity contribution is 0.216. The number of rotatable bonds is 5. The van der Waals surface area contributed by atoms with E-state index in [1.807, 2.05) is 30.3 Å². The maximum absolute atomic E-state index is 13.1. The molecule has 3 aliphatic rings. The van der Waals surface area contributed by atoms with Crippen molar-refractivity contribution in [1.29, 1.82) is 0 Å². The summed E-state index contributed by atoms with van der Waals surface area (Å²) in [6.07, 6.45) is 8.17. The first-order chi connectivity index (χ1) is 14.5. The lowest BCUT2D eigenvalue weighted by Gasteiger charge is -2.37. The van der Waals surface area contributed by atoms with Gasteiger partial charge in [0, 0.05) is 37.7 Å². The first kappa shape index (κ1) is 20.2. The van der Waals surface area contributed by atoms with Gasteiger partial charge in [0.05, 0.1) is 0 Å². The fourth-order valence-corrected chi connectivity index (χ4v) is 6.90. The molecular formula is C22H30N4O3S. The number of benzene rings is 1. The van der Waals surface area contributed by atoms with Gasteiger partial charge >= 0.3 is 0 Å². The first-order valence-corrected chi connectivity index (χ1v) is 12.5. The molecule has 0 amide bonds. The summed E-state index contributed by atoms with van der Waals surface area (Å²) in [5.74, 6) is 1.51. The van der Waals surface area contributed by atoms with Crippen LogP contribution in [0.3, 0.4) is 0 Å². The van der Waals surface area contributed by atoms with Gasteiger partial charge < -0.3 is 4.42 Å². The molecule has 1 saturated heterocycles. The number of hydrogen-bond acceptors (Lipinski definition) is 5. The van der Waals surface area contributed by atoms with E-state index in [9.17, 15) is 8.42 Å². The van der Waals surface area contributed by atoms with Crippen LogP contribution >= 0.6 is 0 Å². The van der Waals surface area contributed by atoms with Gasteiger partial charge in [-0.25, -0.2) is 0 Å². The fourth-order valence-electron chi connectivity index (χ4n) is 5.30. The molecule has 1 aliphatic heterocycles. The molecule has 7 nitrogen and oxygen atoms in total. The maximum atomic E-state index is 13.1. The lowest BCUT2D eigenvalue weighted by Crippen LogP contribution is -2.49. The minimum Gasteiger partial charge on any atom is -0.420 e. The Morgan fingerprint density at radius 1 is 1.07 bits per heavy atom. The molecule has 2 saturated carbocycles. The van der Waals surface area contributed by atoms with Crippen molar-refractivity contribution >= 4 is 10.2 Å². The van der Waals surface area contributed by atoms with Crippen molar-refractivity contribution in [2.75, 3.05) is 20.1 Å². The standard InChI is InChI=1S/C22H30N4O3S/c1-25(18-10-6-3-7-11-18)30(27,28)26-14-12-22(13-15-26)16-19(22)21-24-23-20(29-21)17-8-4-2-5-9-17/h2,4-5,8-9,18-19H,3,6-7,10-16H2,1H3/t19-/m0/s1. The van der Waals surface area contributed by atoms with Crippen LogP contribution in [-0.2, 0) is 10.2 Å². The van der Waals surface area contributed by atoms with Crippen molar-refractivity contribution in [2.24, 2.45) is 5.41 Å². The second kappa shape index (κ2) is 7.73. The summed E-state index contributed by atoms with van der Waals surface area (Å²) in [5, 5.41) is 8.53. The number of aromatic nitrogens is 2. The summed E-state index contributed by atoms with van der Waals surface area (Å²) in [6, 6.07) is 9.96. The molecular weight excluding hydrogens is 400 g/mol. The molecule has 1 spiro atoms. The highest BCUT2D eigenvalue weighted by Crippen LogP contribution is 2.64. The largest absolute Gasteiger partial charge is 0.420 e. The Balaban J connectivity index is 1.22. The predicted octanol–water partition coefficient (Wildman–Crippen LogP) is 3.82. The van der Waals surface area contributed by atoms with E-state index in [1.54, 1.807) is 15.7 Å². The molecule has 162 valence electrons. The summed E-state index contributed by atoms with van der Waals surface area (Å²) in [7, 11) is -1.62. The zero-order valence-corrected chi connectivity index (χ0v) is 18.4. The summed E-state index contributed by atoms with van der Waals surface area (Å²) in [6.45, 7) is 1.16. The second-order valence-electron chi connectivity index (χ2n) is 9.15. The van der Waals surface area contributed by atoms with Crippen molar-refractivity contribution in [2.45, 2.75) is 63.3 Å².